The highest BCUT2D eigenvalue weighted by molar-refractivity contribution is 5.94. The molecule has 1 unspecified atom stereocenters. The maximum Gasteiger partial charge on any atom is 0.255 e. The van der Waals surface area contributed by atoms with Crippen LogP contribution in [0, 0.1) is 0 Å². The van der Waals surface area contributed by atoms with Gasteiger partial charge < -0.3 is 9.64 Å². The Labute approximate surface area is 189 Å². The summed E-state index contributed by atoms with van der Waals surface area (Å²) in [6.45, 7) is 4.09. The number of amides is 1. The fraction of sp³-hybridized carbons (Fsp3) is 0.333. The van der Waals surface area contributed by atoms with Crippen LogP contribution in [0.3, 0.4) is 0 Å². The van der Waals surface area contributed by atoms with E-state index in [4.69, 9.17) is 4.74 Å². The van der Waals surface area contributed by atoms with E-state index in [-0.39, 0.29) is 11.5 Å². The van der Waals surface area contributed by atoms with Crippen LogP contribution >= 0.6 is 0 Å². The Balaban J connectivity index is 1.40. The molecule has 1 amide bonds. The average Bonchev–Trinajstić information content (AvgIpc) is 3.13. The summed E-state index contributed by atoms with van der Waals surface area (Å²) in [4.78, 5) is 22.0. The minimum Gasteiger partial charge on any atom is -0.485 e. The van der Waals surface area contributed by atoms with Gasteiger partial charge in [0.25, 0.3) is 5.91 Å². The molecule has 32 heavy (non-hydrogen) atoms. The Kier molecular flexibility index (Phi) is 5.91. The smallest absolute Gasteiger partial charge is 0.255 e. The van der Waals surface area contributed by atoms with Crippen LogP contribution in [0.2, 0.25) is 0 Å². The number of ether oxygens (including phenoxy) is 1. The molecule has 1 aromatic heterocycles. The standard InChI is InChI=1S/C27H29N3O2/c31-26(23-11-6-15-28-18-23)30-20-24-10-4-5-12-25(24)32-27(21-30)13-7-16-29(17-14-27)19-22-8-2-1-3-9-22/h1-6,8-12,15,18H,7,13-14,16-17,19-21H2. The van der Waals surface area contributed by atoms with Gasteiger partial charge in [0.2, 0.25) is 0 Å². The number of aromatic nitrogens is 1. The summed E-state index contributed by atoms with van der Waals surface area (Å²) < 4.78 is 6.74. The Morgan fingerprint density at radius 3 is 2.66 bits per heavy atom. The van der Waals surface area contributed by atoms with Gasteiger partial charge in [-0.15, -0.1) is 0 Å². The van der Waals surface area contributed by atoms with Gasteiger partial charge in [0, 0.05) is 44.0 Å². The highest BCUT2D eigenvalue weighted by Crippen LogP contribution is 2.36. The van der Waals surface area contributed by atoms with Crippen molar-refractivity contribution in [3.05, 3.63) is 95.8 Å². The summed E-state index contributed by atoms with van der Waals surface area (Å²) in [5.41, 5.74) is 2.65. The Hall–Kier alpha value is -3.18. The lowest BCUT2D eigenvalue weighted by Gasteiger charge is -2.35. The first kappa shape index (κ1) is 20.7. The van der Waals surface area contributed by atoms with E-state index < -0.39 is 0 Å². The predicted molar refractivity (Wildman–Crippen MR) is 124 cm³/mol. The van der Waals surface area contributed by atoms with Gasteiger partial charge in [0.05, 0.1) is 12.1 Å². The average molecular weight is 428 g/mol. The molecule has 1 spiro atoms. The lowest BCUT2D eigenvalue weighted by atomic mass is 9.93. The Morgan fingerprint density at radius 1 is 0.969 bits per heavy atom. The molecule has 3 aromatic rings. The number of carbonyl (C=O) groups is 1. The fourth-order valence-corrected chi connectivity index (χ4v) is 4.91. The normalized spacial score (nSPS) is 21.3. The molecular formula is C27H29N3O2. The number of carbonyl (C=O) groups excluding carboxylic acids is 1. The van der Waals surface area contributed by atoms with Crippen molar-refractivity contribution in [3.8, 4) is 5.75 Å². The van der Waals surface area contributed by atoms with Crippen LogP contribution in [0.25, 0.3) is 0 Å². The van der Waals surface area contributed by atoms with Crippen molar-refractivity contribution in [1.82, 2.24) is 14.8 Å². The van der Waals surface area contributed by atoms with Crippen molar-refractivity contribution >= 4 is 5.91 Å². The molecule has 2 aliphatic heterocycles. The second kappa shape index (κ2) is 9.13. The second-order valence-electron chi connectivity index (χ2n) is 8.91. The van der Waals surface area contributed by atoms with Crippen LogP contribution in [0.1, 0.15) is 40.7 Å². The summed E-state index contributed by atoms with van der Waals surface area (Å²) in [5, 5.41) is 0. The fourth-order valence-electron chi connectivity index (χ4n) is 4.91. The summed E-state index contributed by atoms with van der Waals surface area (Å²) in [6, 6.07) is 22.4. The molecule has 5 rings (SSSR count). The molecule has 0 N–H and O–H groups in total. The minimum atomic E-state index is -0.379. The molecule has 2 aromatic carbocycles. The summed E-state index contributed by atoms with van der Waals surface area (Å²) in [7, 11) is 0. The lowest BCUT2D eigenvalue weighted by molar-refractivity contribution is 0.0214. The third kappa shape index (κ3) is 4.53. The number of pyridine rings is 1. The topological polar surface area (TPSA) is 45.7 Å². The summed E-state index contributed by atoms with van der Waals surface area (Å²) in [6.07, 6.45) is 6.23. The number of hydrogen-bond donors (Lipinski definition) is 0. The van der Waals surface area contributed by atoms with Gasteiger partial charge in [-0.2, -0.15) is 0 Å². The predicted octanol–water partition coefficient (Wildman–Crippen LogP) is 4.54. The van der Waals surface area contributed by atoms with E-state index in [1.807, 2.05) is 35.2 Å². The number of para-hydroxylation sites is 1. The third-order valence-electron chi connectivity index (χ3n) is 6.57. The summed E-state index contributed by atoms with van der Waals surface area (Å²) in [5.74, 6) is 0.925. The zero-order valence-electron chi connectivity index (χ0n) is 18.3. The highest BCUT2D eigenvalue weighted by Gasteiger charge is 2.40. The molecule has 1 saturated heterocycles. The van der Waals surface area contributed by atoms with Gasteiger partial charge >= 0.3 is 0 Å². The lowest BCUT2D eigenvalue weighted by Crippen LogP contribution is -2.48. The molecule has 0 bridgehead atoms. The van der Waals surface area contributed by atoms with E-state index in [1.54, 1.807) is 12.4 Å². The van der Waals surface area contributed by atoms with Crippen molar-refractivity contribution in [1.29, 1.82) is 0 Å². The van der Waals surface area contributed by atoms with Crippen LogP contribution in [0.5, 0.6) is 5.75 Å². The van der Waals surface area contributed by atoms with E-state index in [9.17, 15) is 4.79 Å². The number of benzene rings is 2. The van der Waals surface area contributed by atoms with Crippen molar-refractivity contribution < 1.29 is 9.53 Å². The molecule has 0 radical (unpaired) electrons. The quantitative estimate of drug-likeness (QED) is 0.616. The van der Waals surface area contributed by atoms with Crippen molar-refractivity contribution in [2.75, 3.05) is 19.6 Å². The number of fused-ring (bicyclic) bond motifs is 1. The molecular weight excluding hydrogens is 398 g/mol. The van der Waals surface area contributed by atoms with Crippen LogP contribution in [0.15, 0.2) is 79.1 Å². The van der Waals surface area contributed by atoms with Crippen LogP contribution < -0.4 is 4.74 Å². The molecule has 5 nitrogen and oxygen atoms in total. The number of rotatable bonds is 3. The molecule has 1 atom stereocenters. The van der Waals surface area contributed by atoms with Crippen molar-refractivity contribution in [2.45, 2.75) is 38.0 Å². The zero-order valence-corrected chi connectivity index (χ0v) is 18.3. The van der Waals surface area contributed by atoms with Crippen molar-refractivity contribution in [3.63, 3.8) is 0 Å². The van der Waals surface area contributed by atoms with Crippen LogP contribution in [0.4, 0.5) is 0 Å². The maximum atomic E-state index is 13.4. The van der Waals surface area contributed by atoms with E-state index >= 15 is 0 Å². The van der Waals surface area contributed by atoms with Gasteiger partial charge in [-0.05, 0) is 43.1 Å². The molecule has 3 heterocycles. The van der Waals surface area contributed by atoms with E-state index in [1.165, 1.54) is 5.56 Å². The van der Waals surface area contributed by atoms with Gasteiger partial charge in [-0.25, -0.2) is 0 Å². The van der Waals surface area contributed by atoms with E-state index in [0.717, 1.165) is 50.2 Å². The third-order valence-corrected chi connectivity index (χ3v) is 6.57. The first-order chi connectivity index (χ1) is 15.7. The van der Waals surface area contributed by atoms with Gasteiger partial charge in [-0.1, -0.05) is 48.5 Å². The first-order valence-electron chi connectivity index (χ1n) is 11.4. The second-order valence-corrected chi connectivity index (χ2v) is 8.91. The van der Waals surface area contributed by atoms with Gasteiger partial charge in [0.1, 0.15) is 11.4 Å². The molecule has 5 heteroatoms. The first-order valence-corrected chi connectivity index (χ1v) is 11.4. The van der Waals surface area contributed by atoms with E-state index in [2.05, 4.69) is 46.3 Å². The molecule has 0 aliphatic carbocycles. The number of likely N-dealkylation sites (tertiary alicyclic amines) is 1. The highest BCUT2D eigenvalue weighted by atomic mass is 16.5. The van der Waals surface area contributed by atoms with E-state index in [0.29, 0.717) is 18.7 Å². The molecule has 1 fully saturated rings. The molecule has 2 aliphatic rings. The van der Waals surface area contributed by atoms with Crippen LogP contribution in [-0.4, -0.2) is 45.9 Å². The number of nitrogens with zero attached hydrogens (tertiary/aromatic N) is 3. The molecule has 164 valence electrons. The maximum absolute atomic E-state index is 13.4. The number of hydrogen-bond acceptors (Lipinski definition) is 4. The van der Waals surface area contributed by atoms with Gasteiger partial charge in [-0.3, -0.25) is 14.7 Å². The van der Waals surface area contributed by atoms with Crippen LogP contribution in [-0.2, 0) is 13.1 Å². The van der Waals surface area contributed by atoms with Gasteiger partial charge in [0.15, 0.2) is 0 Å². The zero-order chi connectivity index (χ0) is 21.8. The minimum absolute atomic E-state index is 0.0168. The molecule has 0 saturated carbocycles. The summed E-state index contributed by atoms with van der Waals surface area (Å²) >= 11 is 0. The SMILES string of the molecule is O=C(c1cccnc1)N1Cc2ccccc2OC2(CCCN(Cc3ccccc3)CC2)C1. The largest absolute Gasteiger partial charge is 0.485 e. The monoisotopic (exact) mass is 427 g/mol. The Bertz CT molecular complexity index is 1060. The van der Waals surface area contributed by atoms with Crippen molar-refractivity contribution in [2.24, 2.45) is 0 Å². The Morgan fingerprint density at radius 2 is 1.81 bits per heavy atom.